The van der Waals surface area contributed by atoms with Crippen LogP contribution in [0.1, 0.15) is 28.9 Å². The molecule has 0 radical (unpaired) electrons. The number of carbonyl (C=O) groups excluding carboxylic acids is 1. The highest BCUT2D eigenvalue weighted by Crippen LogP contribution is 2.28. The largest absolute Gasteiger partial charge is 0.496 e. The molecule has 1 atom stereocenters. The van der Waals surface area contributed by atoms with E-state index in [0.29, 0.717) is 10.2 Å². The van der Waals surface area contributed by atoms with Gasteiger partial charge >= 0.3 is 0 Å². The van der Waals surface area contributed by atoms with Crippen molar-refractivity contribution in [1.29, 1.82) is 0 Å². The van der Waals surface area contributed by atoms with Gasteiger partial charge in [0.1, 0.15) is 11.6 Å². The molecule has 0 saturated carbocycles. The van der Waals surface area contributed by atoms with Crippen molar-refractivity contribution >= 4 is 37.8 Å². The van der Waals surface area contributed by atoms with Crippen molar-refractivity contribution in [2.45, 2.75) is 13.0 Å². The van der Waals surface area contributed by atoms with Crippen molar-refractivity contribution in [3.05, 3.63) is 62.3 Å². The number of benzene rings is 2. The summed E-state index contributed by atoms with van der Waals surface area (Å²) in [6, 6.07) is 9.52. The molecule has 3 nitrogen and oxygen atoms in total. The van der Waals surface area contributed by atoms with Gasteiger partial charge in [0.2, 0.25) is 0 Å². The van der Waals surface area contributed by atoms with Gasteiger partial charge in [-0.25, -0.2) is 4.39 Å². The first-order valence-electron chi connectivity index (χ1n) is 6.51. The molecule has 0 aliphatic carbocycles. The second-order valence-corrected chi connectivity index (χ2v) is 6.48. The lowest BCUT2D eigenvalue weighted by atomic mass is 10.1. The Labute approximate surface area is 145 Å². The minimum Gasteiger partial charge on any atom is -0.496 e. The van der Waals surface area contributed by atoms with Crippen LogP contribution in [0, 0.1) is 5.82 Å². The van der Waals surface area contributed by atoms with Crippen LogP contribution in [-0.4, -0.2) is 13.0 Å². The van der Waals surface area contributed by atoms with Crippen molar-refractivity contribution in [2.24, 2.45) is 0 Å². The van der Waals surface area contributed by atoms with E-state index in [1.165, 1.54) is 12.1 Å². The van der Waals surface area contributed by atoms with Crippen LogP contribution in [0.2, 0.25) is 0 Å². The van der Waals surface area contributed by atoms with Crippen LogP contribution in [-0.2, 0) is 0 Å². The summed E-state index contributed by atoms with van der Waals surface area (Å²) < 4.78 is 20.3. The van der Waals surface area contributed by atoms with Crippen LogP contribution in [0.4, 0.5) is 4.39 Å². The molecule has 0 aromatic heterocycles. The lowest BCUT2D eigenvalue weighted by molar-refractivity contribution is 0.0935. The van der Waals surface area contributed by atoms with Gasteiger partial charge in [-0.1, -0.05) is 22.0 Å². The highest BCUT2D eigenvalue weighted by atomic mass is 79.9. The number of hydrogen-bond donors (Lipinski definition) is 1. The Balaban J connectivity index is 2.17. The highest BCUT2D eigenvalue weighted by Gasteiger charge is 2.16. The van der Waals surface area contributed by atoms with E-state index in [1.807, 2.05) is 25.1 Å². The van der Waals surface area contributed by atoms with E-state index in [4.69, 9.17) is 4.74 Å². The summed E-state index contributed by atoms with van der Waals surface area (Å²) in [5.74, 6) is -0.303. The SMILES string of the molecule is COc1ccc(C(C)NC(=O)c2cc(Br)ccc2F)cc1Br. The lowest BCUT2D eigenvalue weighted by Crippen LogP contribution is -2.27. The Bertz CT molecular complexity index is 707. The number of hydrogen-bond acceptors (Lipinski definition) is 2. The van der Waals surface area contributed by atoms with Crippen LogP contribution >= 0.6 is 31.9 Å². The van der Waals surface area contributed by atoms with Crippen molar-refractivity contribution < 1.29 is 13.9 Å². The summed E-state index contributed by atoms with van der Waals surface area (Å²) >= 11 is 6.64. The molecule has 0 aliphatic heterocycles. The van der Waals surface area contributed by atoms with Gasteiger partial charge in [-0.2, -0.15) is 0 Å². The zero-order chi connectivity index (χ0) is 16.3. The first-order valence-corrected chi connectivity index (χ1v) is 8.10. The Kier molecular flexibility index (Phi) is 5.58. The van der Waals surface area contributed by atoms with E-state index in [-0.39, 0.29) is 11.6 Å². The Morgan fingerprint density at radius 3 is 2.59 bits per heavy atom. The molecule has 116 valence electrons. The quantitative estimate of drug-likeness (QED) is 0.752. The van der Waals surface area contributed by atoms with Crippen LogP contribution < -0.4 is 10.1 Å². The van der Waals surface area contributed by atoms with Gasteiger partial charge in [0, 0.05) is 4.47 Å². The number of rotatable bonds is 4. The van der Waals surface area contributed by atoms with E-state index >= 15 is 0 Å². The number of methoxy groups -OCH3 is 1. The van der Waals surface area contributed by atoms with Gasteiger partial charge in [-0.15, -0.1) is 0 Å². The minimum atomic E-state index is -0.552. The zero-order valence-corrected chi connectivity index (χ0v) is 15.2. The predicted octanol–water partition coefficient (Wildman–Crippen LogP) is 4.85. The molecular formula is C16H14Br2FNO2. The molecule has 0 saturated heterocycles. The first kappa shape index (κ1) is 17.0. The van der Waals surface area contributed by atoms with E-state index in [9.17, 15) is 9.18 Å². The fourth-order valence-electron chi connectivity index (χ4n) is 1.98. The molecule has 1 N–H and O–H groups in total. The van der Waals surface area contributed by atoms with Crippen molar-refractivity contribution in [3.63, 3.8) is 0 Å². The van der Waals surface area contributed by atoms with Crippen molar-refractivity contribution in [1.82, 2.24) is 5.32 Å². The smallest absolute Gasteiger partial charge is 0.254 e. The third kappa shape index (κ3) is 3.87. The molecule has 6 heteroatoms. The third-order valence-corrected chi connectivity index (χ3v) is 4.31. The standard InChI is InChI=1S/C16H14Br2FNO2/c1-9(10-3-6-15(22-2)13(18)7-10)20-16(21)12-8-11(17)4-5-14(12)19/h3-9H,1-2H3,(H,20,21). The molecule has 1 amide bonds. The summed E-state index contributed by atoms with van der Waals surface area (Å²) in [6.45, 7) is 1.84. The second-order valence-electron chi connectivity index (χ2n) is 4.71. The molecule has 0 bridgehead atoms. The van der Waals surface area contributed by atoms with E-state index in [1.54, 1.807) is 13.2 Å². The lowest BCUT2D eigenvalue weighted by Gasteiger charge is -2.16. The van der Waals surface area contributed by atoms with Gasteiger partial charge < -0.3 is 10.1 Å². The average molecular weight is 431 g/mol. The van der Waals surface area contributed by atoms with Crippen LogP contribution in [0.25, 0.3) is 0 Å². The fourth-order valence-corrected chi connectivity index (χ4v) is 2.90. The fraction of sp³-hybridized carbons (Fsp3) is 0.188. The molecule has 1 unspecified atom stereocenters. The Morgan fingerprint density at radius 2 is 1.95 bits per heavy atom. The first-order chi connectivity index (χ1) is 10.4. The number of nitrogens with one attached hydrogen (secondary N) is 1. The molecule has 0 fully saturated rings. The molecule has 0 aliphatic rings. The van der Waals surface area contributed by atoms with Crippen molar-refractivity contribution in [3.8, 4) is 5.75 Å². The summed E-state index contributed by atoms with van der Waals surface area (Å²) in [5.41, 5.74) is 0.894. The van der Waals surface area contributed by atoms with Gasteiger partial charge in [-0.05, 0) is 58.7 Å². The van der Waals surface area contributed by atoms with E-state index in [0.717, 1.165) is 10.0 Å². The molecule has 2 aromatic rings. The highest BCUT2D eigenvalue weighted by molar-refractivity contribution is 9.10. The predicted molar refractivity (Wildman–Crippen MR) is 90.7 cm³/mol. The second kappa shape index (κ2) is 7.24. The third-order valence-electron chi connectivity index (χ3n) is 3.20. The molecular weight excluding hydrogens is 417 g/mol. The molecule has 22 heavy (non-hydrogen) atoms. The van der Waals surface area contributed by atoms with Gasteiger partial charge in [0.25, 0.3) is 5.91 Å². The zero-order valence-electron chi connectivity index (χ0n) is 12.0. The molecule has 0 heterocycles. The normalized spacial score (nSPS) is 11.9. The number of halogens is 3. The minimum absolute atomic E-state index is 0.00815. The van der Waals surface area contributed by atoms with Crippen molar-refractivity contribution in [2.75, 3.05) is 7.11 Å². The summed E-state index contributed by atoms with van der Waals surface area (Å²) in [7, 11) is 1.58. The molecule has 0 spiro atoms. The van der Waals surface area contributed by atoms with Gasteiger partial charge in [-0.3, -0.25) is 4.79 Å². The molecule has 2 aromatic carbocycles. The van der Waals surface area contributed by atoms with Gasteiger partial charge in [0.15, 0.2) is 0 Å². The van der Waals surface area contributed by atoms with Crippen LogP contribution in [0.3, 0.4) is 0 Å². The number of ether oxygens (including phenoxy) is 1. The maximum atomic E-state index is 13.7. The maximum Gasteiger partial charge on any atom is 0.254 e. The summed E-state index contributed by atoms with van der Waals surface area (Å²) in [6.07, 6.45) is 0. The van der Waals surface area contributed by atoms with Crippen LogP contribution in [0.5, 0.6) is 5.75 Å². The van der Waals surface area contributed by atoms with Crippen LogP contribution in [0.15, 0.2) is 45.3 Å². The average Bonchev–Trinajstić information content (AvgIpc) is 2.49. The monoisotopic (exact) mass is 429 g/mol. The topological polar surface area (TPSA) is 38.3 Å². The Morgan fingerprint density at radius 1 is 1.23 bits per heavy atom. The Hall–Kier alpha value is -1.40. The maximum absolute atomic E-state index is 13.7. The number of amides is 1. The van der Waals surface area contributed by atoms with E-state index in [2.05, 4.69) is 37.2 Å². The summed E-state index contributed by atoms with van der Waals surface area (Å²) in [4.78, 5) is 12.2. The van der Waals surface area contributed by atoms with Gasteiger partial charge in [0.05, 0.1) is 23.2 Å². The molecule has 2 rings (SSSR count). The van der Waals surface area contributed by atoms with E-state index < -0.39 is 11.7 Å². The number of carbonyl (C=O) groups is 1. The summed E-state index contributed by atoms with van der Waals surface area (Å²) in [5, 5.41) is 2.78.